The third-order valence-electron chi connectivity index (χ3n) is 2.80. The third kappa shape index (κ3) is 2.55. The lowest BCUT2D eigenvalue weighted by atomic mass is 9.86. The van der Waals surface area contributed by atoms with E-state index in [-0.39, 0.29) is 0 Å². The van der Waals surface area contributed by atoms with E-state index >= 15 is 0 Å². The quantitative estimate of drug-likeness (QED) is 0.908. The Bertz CT molecular complexity index is 587. The van der Waals surface area contributed by atoms with Crippen LogP contribution in [0.4, 0.5) is 4.39 Å². The highest BCUT2D eigenvalue weighted by Gasteiger charge is 2.27. The first-order valence-corrected chi connectivity index (χ1v) is 6.44. The molecule has 0 aliphatic heterocycles. The Hall–Kier alpha value is -0.970. The van der Waals surface area contributed by atoms with E-state index in [9.17, 15) is 4.39 Å². The summed E-state index contributed by atoms with van der Waals surface area (Å²) in [6.45, 7) is 1.78. The highest BCUT2D eigenvalue weighted by molar-refractivity contribution is 9.10. The van der Waals surface area contributed by atoms with Crippen LogP contribution in [0, 0.1) is 5.82 Å². The number of hydrogen-bond acceptors (Lipinski definition) is 2. The molecule has 0 amide bonds. The SMILES string of the molecule is CC(N)(c1cncc(F)c1)c1ccc(Br)cc1Cl. The predicted octanol–water partition coefficient (Wildman–Crippen LogP) is 3.86. The molecule has 0 radical (unpaired) electrons. The van der Waals surface area contributed by atoms with Crippen LogP contribution in [0.2, 0.25) is 5.02 Å². The van der Waals surface area contributed by atoms with Crippen LogP contribution in [0.15, 0.2) is 41.1 Å². The zero-order valence-corrected chi connectivity index (χ0v) is 12.0. The van der Waals surface area contributed by atoms with E-state index in [4.69, 9.17) is 17.3 Å². The highest BCUT2D eigenvalue weighted by Crippen LogP contribution is 2.33. The summed E-state index contributed by atoms with van der Waals surface area (Å²) < 4.78 is 14.1. The van der Waals surface area contributed by atoms with E-state index in [2.05, 4.69) is 20.9 Å². The van der Waals surface area contributed by atoms with E-state index < -0.39 is 11.4 Å². The van der Waals surface area contributed by atoms with Gasteiger partial charge in [0.15, 0.2) is 0 Å². The first-order valence-electron chi connectivity index (χ1n) is 5.26. The molecule has 18 heavy (non-hydrogen) atoms. The summed E-state index contributed by atoms with van der Waals surface area (Å²) in [6, 6.07) is 6.79. The number of halogens is 3. The average Bonchev–Trinajstić information content (AvgIpc) is 2.28. The van der Waals surface area contributed by atoms with Crippen molar-refractivity contribution in [1.82, 2.24) is 4.98 Å². The maximum atomic E-state index is 13.2. The number of nitrogens with zero attached hydrogens (tertiary/aromatic N) is 1. The minimum absolute atomic E-state index is 0.419. The summed E-state index contributed by atoms with van der Waals surface area (Å²) >= 11 is 9.51. The third-order valence-corrected chi connectivity index (χ3v) is 3.60. The molecule has 0 aliphatic carbocycles. The van der Waals surface area contributed by atoms with Crippen LogP contribution in [0.3, 0.4) is 0 Å². The van der Waals surface area contributed by atoms with Gasteiger partial charge in [0.1, 0.15) is 5.82 Å². The number of rotatable bonds is 2. The predicted molar refractivity (Wildman–Crippen MR) is 74.0 cm³/mol. The van der Waals surface area contributed by atoms with Crippen LogP contribution in [0.25, 0.3) is 0 Å². The lowest BCUT2D eigenvalue weighted by Crippen LogP contribution is -2.34. The monoisotopic (exact) mass is 328 g/mol. The molecule has 0 bridgehead atoms. The van der Waals surface area contributed by atoms with Crippen molar-refractivity contribution in [3.05, 3.63) is 63.1 Å². The molecule has 1 heterocycles. The second-order valence-corrected chi connectivity index (χ2v) is 5.54. The Morgan fingerprint density at radius 1 is 1.33 bits per heavy atom. The highest BCUT2D eigenvalue weighted by atomic mass is 79.9. The molecule has 2 N–H and O–H groups in total. The summed E-state index contributed by atoms with van der Waals surface area (Å²) in [7, 11) is 0. The molecule has 5 heteroatoms. The van der Waals surface area contributed by atoms with E-state index in [1.165, 1.54) is 6.07 Å². The fourth-order valence-corrected chi connectivity index (χ4v) is 2.63. The molecule has 1 atom stereocenters. The van der Waals surface area contributed by atoms with Crippen LogP contribution in [-0.2, 0) is 5.54 Å². The van der Waals surface area contributed by atoms with Gasteiger partial charge < -0.3 is 5.73 Å². The molecule has 0 fully saturated rings. The van der Waals surface area contributed by atoms with E-state index in [1.807, 2.05) is 12.1 Å². The summed E-state index contributed by atoms with van der Waals surface area (Å²) in [6.07, 6.45) is 2.68. The summed E-state index contributed by atoms with van der Waals surface area (Å²) in [4.78, 5) is 3.82. The van der Waals surface area contributed by atoms with Crippen LogP contribution < -0.4 is 5.73 Å². The minimum atomic E-state index is -0.896. The normalized spacial score (nSPS) is 14.3. The van der Waals surface area contributed by atoms with Gasteiger partial charge in [-0.3, -0.25) is 4.98 Å². The van der Waals surface area contributed by atoms with E-state index in [0.29, 0.717) is 10.6 Å². The van der Waals surface area contributed by atoms with Crippen LogP contribution in [0.1, 0.15) is 18.1 Å². The first kappa shape index (κ1) is 13.5. The largest absolute Gasteiger partial charge is 0.318 e. The van der Waals surface area contributed by atoms with Gasteiger partial charge in [0.25, 0.3) is 0 Å². The van der Waals surface area contributed by atoms with E-state index in [0.717, 1.165) is 16.2 Å². The Morgan fingerprint density at radius 2 is 2.06 bits per heavy atom. The zero-order valence-electron chi connectivity index (χ0n) is 9.62. The van der Waals surface area contributed by atoms with Crippen LogP contribution >= 0.6 is 27.5 Å². The van der Waals surface area contributed by atoms with E-state index in [1.54, 1.807) is 19.2 Å². The Balaban J connectivity index is 2.53. The van der Waals surface area contributed by atoms with Crippen molar-refractivity contribution in [2.24, 2.45) is 5.73 Å². The van der Waals surface area contributed by atoms with Gasteiger partial charge in [-0.15, -0.1) is 0 Å². The van der Waals surface area contributed by atoms with Crippen LogP contribution in [0.5, 0.6) is 0 Å². The number of nitrogens with two attached hydrogens (primary N) is 1. The molecule has 0 spiro atoms. The first-order chi connectivity index (χ1) is 8.41. The Morgan fingerprint density at radius 3 is 2.67 bits per heavy atom. The molecular formula is C13H11BrClFN2. The maximum Gasteiger partial charge on any atom is 0.141 e. The van der Waals surface area contributed by atoms with Gasteiger partial charge in [-0.1, -0.05) is 33.6 Å². The molecule has 2 nitrogen and oxygen atoms in total. The summed E-state index contributed by atoms with van der Waals surface area (Å²) in [5, 5.41) is 0.527. The smallest absolute Gasteiger partial charge is 0.141 e. The molecule has 0 saturated heterocycles. The van der Waals surface area contributed by atoms with Crippen LogP contribution in [-0.4, -0.2) is 4.98 Å². The van der Waals surface area contributed by atoms with Gasteiger partial charge in [0.05, 0.1) is 11.7 Å². The Kier molecular flexibility index (Phi) is 3.71. The van der Waals surface area contributed by atoms with Gasteiger partial charge in [-0.05, 0) is 36.2 Å². The molecule has 0 aliphatic rings. The molecular weight excluding hydrogens is 319 g/mol. The van der Waals surface area contributed by atoms with Crippen molar-refractivity contribution in [2.75, 3.05) is 0 Å². The molecule has 1 unspecified atom stereocenters. The number of benzene rings is 1. The van der Waals surface area contributed by atoms with Crippen molar-refractivity contribution < 1.29 is 4.39 Å². The standard InChI is InChI=1S/C13H11BrClFN2/c1-13(17,8-4-10(16)7-18-6-8)11-3-2-9(14)5-12(11)15/h2-7H,17H2,1H3. The average molecular weight is 330 g/mol. The maximum absolute atomic E-state index is 13.2. The Labute approximate surface area is 118 Å². The lowest BCUT2D eigenvalue weighted by Gasteiger charge is -2.26. The topological polar surface area (TPSA) is 38.9 Å². The van der Waals surface area contributed by atoms with Gasteiger partial charge in [-0.25, -0.2) is 4.39 Å². The molecule has 2 aromatic rings. The van der Waals surface area contributed by atoms with Gasteiger partial charge in [0.2, 0.25) is 0 Å². The van der Waals surface area contributed by atoms with Crippen molar-refractivity contribution >= 4 is 27.5 Å². The second kappa shape index (κ2) is 4.96. The fourth-order valence-electron chi connectivity index (χ4n) is 1.76. The zero-order chi connectivity index (χ0) is 13.3. The molecule has 1 aromatic heterocycles. The number of aromatic nitrogens is 1. The van der Waals surface area contributed by atoms with Gasteiger partial charge in [0, 0.05) is 15.7 Å². The van der Waals surface area contributed by atoms with Crippen molar-refractivity contribution in [1.29, 1.82) is 0 Å². The molecule has 2 rings (SSSR count). The molecule has 1 aromatic carbocycles. The van der Waals surface area contributed by atoms with Gasteiger partial charge in [-0.2, -0.15) is 0 Å². The molecule has 0 saturated carbocycles. The number of hydrogen-bond donors (Lipinski definition) is 1. The summed E-state index contributed by atoms with van der Waals surface area (Å²) in [5.74, 6) is -0.419. The number of pyridine rings is 1. The molecule has 94 valence electrons. The van der Waals surface area contributed by atoms with Crippen molar-refractivity contribution in [2.45, 2.75) is 12.5 Å². The van der Waals surface area contributed by atoms with Crippen molar-refractivity contribution in [3.63, 3.8) is 0 Å². The van der Waals surface area contributed by atoms with Gasteiger partial charge >= 0.3 is 0 Å². The lowest BCUT2D eigenvalue weighted by molar-refractivity contribution is 0.575. The second-order valence-electron chi connectivity index (χ2n) is 4.22. The fraction of sp³-hybridized carbons (Fsp3) is 0.154. The minimum Gasteiger partial charge on any atom is -0.318 e. The summed E-state index contributed by atoms with van der Waals surface area (Å²) in [5.41, 5.74) is 6.67. The van der Waals surface area contributed by atoms with Crippen molar-refractivity contribution in [3.8, 4) is 0 Å².